The molecule has 1 saturated carbocycles. The Morgan fingerprint density at radius 1 is 1.15 bits per heavy atom. The van der Waals surface area contributed by atoms with Gasteiger partial charge in [-0.25, -0.2) is 0 Å². The predicted octanol–water partition coefficient (Wildman–Crippen LogP) is 6.72. The Morgan fingerprint density at radius 3 is 2.33 bits per heavy atom. The lowest BCUT2D eigenvalue weighted by molar-refractivity contribution is -0.117. The molecule has 1 fully saturated rings. The van der Waals surface area contributed by atoms with Crippen LogP contribution in [0.2, 0.25) is 5.02 Å². The molecule has 0 aromatic heterocycles. The van der Waals surface area contributed by atoms with E-state index in [2.05, 4.69) is 11.9 Å². The Labute approximate surface area is 182 Å². The molecule has 1 N–H and O–H groups in total. The first-order valence-corrected chi connectivity index (χ1v) is 9.73. The monoisotopic (exact) mass is 465 g/mol. The van der Waals surface area contributed by atoms with Crippen molar-refractivity contribution in [3.05, 3.63) is 63.2 Å². The van der Waals surface area contributed by atoms with Gasteiger partial charge in [0.15, 0.2) is 5.78 Å². The van der Waals surface area contributed by atoms with Crippen molar-refractivity contribution in [1.29, 1.82) is 0 Å². The van der Waals surface area contributed by atoms with Gasteiger partial charge in [-0.2, -0.15) is 0 Å². The van der Waals surface area contributed by atoms with Gasteiger partial charge in [-0.05, 0) is 49.8 Å². The van der Waals surface area contributed by atoms with Gasteiger partial charge in [0.05, 0.1) is 10.9 Å². The topological polar surface area (TPSA) is 46.2 Å². The fourth-order valence-electron chi connectivity index (χ4n) is 2.71. The molecule has 3 nitrogen and oxygen atoms in total. The summed E-state index contributed by atoms with van der Waals surface area (Å²) in [5.41, 5.74) is 1.25. The Bertz CT molecular complexity index is 869. The van der Waals surface area contributed by atoms with Gasteiger partial charge in [-0.15, -0.1) is 23.2 Å². The van der Waals surface area contributed by atoms with Crippen molar-refractivity contribution in [3.63, 3.8) is 0 Å². The number of Topliss-reactive ketones (excluding diaryl/α,β-unsaturated/α-hetero) is 1. The number of carbonyl (C=O) groups excluding carboxylic acids is 2. The summed E-state index contributed by atoms with van der Waals surface area (Å²) in [7, 11) is 0. The van der Waals surface area contributed by atoms with Crippen LogP contribution in [0.3, 0.4) is 0 Å². The van der Waals surface area contributed by atoms with E-state index in [4.69, 9.17) is 58.0 Å². The van der Waals surface area contributed by atoms with Gasteiger partial charge in [0.25, 0.3) is 0 Å². The highest BCUT2D eigenvalue weighted by atomic mass is 35.5. The molecule has 0 bridgehead atoms. The second-order valence-electron chi connectivity index (χ2n) is 6.21. The van der Waals surface area contributed by atoms with E-state index < -0.39 is 22.1 Å². The fourth-order valence-corrected chi connectivity index (χ4v) is 4.29. The molecule has 1 amide bonds. The summed E-state index contributed by atoms with van der Waals surface area (Å²) in [6.45, 7) is 6.98. The van der Waals surface area contributed by atoms with Crippen molar-refractivity contribution in [2.45, 2.75) is 18.2 Å². The minimum absolute atomic E-state index is 0.208. The number of hydrogen-bond donors (Lipinski definition) is 1. The van der Waals surface area contributed by atoms with Gasteiger partial charge in [0.1, 0.15) is 4.33 Å². The zero-order valence-electron chi connectivity index (χ0n) is 14.5. The van der Waals surface area contributed by atoms with E-state index in [0.29, 0.717) is 31.9 Å². The first-order chi connectivity index (χ1) is 12.4. The zero-order valence-corrected chi connectivity index (χ0v) is 18.2. The maximum absolute atomic E-state index is 12.6. The molecule has 1 unspecified atom stereocenters. The number of amides is 1. The van der Waals surface area contributed by atoms with Crippen molar-refractivity contribution < 1.29 is 9.59 Å². The highest BCUT2D eigenvalue weighted by Crippen LogP contribution is 2.62. The number of alkyl halides is 2. The fraction of sp³-hybridized carbons (Fsp3) is 0.263. The number of allylic oxidation sites excluding steroid dienone is 5. The van der Waals surface area contributed by atoms with Crippen LogP contribution in [-0.4, -0.2) is 16.0 Å². The third-order valence-electron chi connectivity index (χ3n) is 4.01. The summed E-state index contributed by atoms with van der Waals surface area (Å²) in [6, 6.07) is 4.63. The lowest BCUT2D eigenvalue weighted by atomic mass is 10.1. The Morgan fingerprint density at radius 2 is 1.78 bits per heavy atom. The van der Waals surface area contributed by atoms with E-state index in [1.54, 1.807) is 25.1 Å². The van der Waals surface area contributed by atoms with Crippen molar-refractivity contribution in [2.75, 3.05) is 5.32 Å². The van der Waals surface area contributed by atoms with Crippen LogP contribution in [-0.2, 0) is 4.79 Å². The number of nitrogens with one attached hydrogen (secondary N) is 1. The van der Waals surface area contributed by atoms with Gasteiger partial charge in [-0.1, -0.05) is 41.4 Å². The average Bonchev–Trinajstić information content (AvgIpc) is 3.10. The molecule has 27 heavy (non-hydrogen) atoms. The number of hydrogen-bond acceptors (Lipinski definition) is 2. The molecule has 1 aromatic carbocycles. The Hall–Kier alpha value is -0.970. The number of rotatable bonds is 6. The minimum Gasteiger partial charge on any atom is -0.326 e. The SMILES string of the molecule is C=C(/C=C(Cl)\C=C(/C)Cl)[C@H]1C(C(=O)Nc2ccc(Cl)c(C(C)=O)c2)C1(Cl)Cl. The third-order valence-corrected chi connectivity index (χ3v) is 5.61. The quantitative estimate of drug-likeness (QED) is 0.287. The standard InChI is InChI=1S/C19H16Cl5NO2/c1-9(6-12(21)7-10(2)20)16-17(19(16,23)24)18(27)25-13-4-5-15(22)14(8-13)11(3)26/h4-8,16-17H,1H2,2-3H3,(H,25,27)/b10-7+,12-6+/t16-,17?/m0/s1. The van der Waals surface area contributed by atoms with Crippen molar-refractivity contribution in [3.8, 4) is 0 Å². The number of benzene rings is 1. The van der Waals surface area contributed by atoms with Crippen molar-refractivity contribution in [2.24, 2.45) is 11.8 Å². The van der Waals surface area contributed by atoms with E-state index in [0.717, 1.165) is 0 Å². The van der Waals surface area contributed by atoms with Gasteiger partial charge < -0.3 is 5.32 Å². The third kappa shape index (κ3) is 5.30. The molecule has 2 atom stereocenters. The van der Waals surface area contributed by atoms with E-state index in [9.17, 15) is 9.59 Å². The first kappa shape index (κ1) is 22.3. The summed E-state index contributed by atoms with van der Waals surface area (Å²) in [5.74, 6) is -1.82. The first-order valence-electron chi connectivity index (χ1n) is 7.84. The van der Waals surface area contributed by atoms with Crippen LogP contribution in [0.25, 0.3) is 0 Å². The smallest absolute Gasteiger partial charge is 0.231 e. The Kier molecular flexibility index (Phi) is 7.10. The van der Waals surface area contributed by atoms with Gasteiger partial charge in [0.2, 0.25) is 5.91 Å². The maximum atomic E-state index is 12.6. The molecule has 0 saturated heterocycles. The molecule has 0 spiro atoms. The maximum Gasteiger partial charge on any atom is 0.231 e. The van der Waals surface area contributed by atoms with Crippen molar-refractivity contribution in [1.82, 2.24) is 0 Å². The van der Waals surface area contributed by atoms with E-state index in [-0.39, 0.29) is 5.78 Å². The summed E-state index contributed by atoms with van der Waals surface area (Å²) < 4.78 is -1.30. The average molecular weight is 468 g/mol. The molecule has 2 rings (SSSR count). The molecular weight excluding hydrogens is 451 g/mol. The number of ketones is 1. The summed E-state index contributed by atoms with van der Waals surface area (Å²) in [4.78, 5) is 24.2. The molecule has 1 aliphatic carbocycles. The molecule has 1 aliphatic rings. The molecule has 0 aliphatic heterocycles. The zero-order chi connectivity index (χ0) is 20.5. The molecular formula is C19H16Cl5NO2. The molecule has 8 heteroatoms. The number of anilines is 1. The summed E-state index contributed by atoms with van der Waals surface area (Å²) in [6.07, 6.45) is 3.12. The van der Waals surface area contributed by atoms with Gasteiger partial charge >= 0.3 is 0 Å². The number of halogens is 5. The Balaban J connectivity index is 2.15. The van der Waals surface area contributed by atoms with Crippen LogP contribution < -0.4 is 5.32 Å². The van der Waals surface area contributed by atoms with Crippen LogP contribution in [0.1, 0.15) is 24.2 Å². The van der Waals surface area contributed by atoms with Crippen LogP contribution in [0.4, 0.5) is 5.69 Å². The van der Waals surface area contributed by atoms with E-state index in [1.165, 1.54) is 19.1 Å². The van der Waals surface area contributed by atoms with Crippen LogP contribution >= 0.6 is 58.0 Å². The second-order valence-corrected chi connectivity index (χ2v) is 9.09. The van der Waals surface area contributed by atoms with Crippen molar-refractivity contribution >= 4 is 75.4 Å². The lowest BCUT2D eigenvalue weighted by Crippen LogP contribution is -2.17. The lowest BCUT2D eigenvalue weighted by Gasteiger charge is -2.08. The summed E-state index contributed by atoms with van der Waals surface area (Å²) in [5, 5.41) is 3.87. The van der Waals surface area contributed by atoms with Crippen LogP contribution in [0.5, 0.6) is 0 Å². The normalized spacial score (nSPS) is 21.6. The van der Waals surface area contributed by atoms with E-state index in [1.807, 2.05) is 0 Å². The highest BCUT2D eigenvalue weighted by Gasteiger charge is 2.67. The molecule has 0 radical (unpaired) electrons. The largest absolute Gasteiger partial charge is 0.326 e. The molecule has 1 aromatic rings. The number of carbonyl (C=O) groups is 2. The van der Waals surface area contributed by atoms with Crippen LogP contribution in [0, 0.1) is 11.8 Å². The summed E-state index contributed by atoms with van der Waals surface area (Å²) >= 11 is 30.4. The highest BCUT2D eigenvalue weighted by molar-refractivity contribution is 6.53. The predicted molar refractivity (Wildman–Crippen MR) is 114 cm³/mol. The van der Waals surface area contributed by atoms with Gasteiger partial charge in [0, 0.05) is 27.2 Å². The molecule has 144 valence electrons. The molecule has 0 heterocycles. The van der Waals surface area contributed by atoms with E-state index >= 15 is 0 Å². The van der Waals surface area contributed by atoms with Crippen LogP contribution in [0.15, 0.2) is 52.6 Å². The minimum atomic E-state index is -1.30. The second kappa shape index (κ2) is 8.59. The van der Waals surface area contributed by atoms with Gasteiger partial charge in [-0.3, -0.25) is 9.59 Å².